The van der Waals surface area contributed by atoms with E-state index >= 15 is 0 Å². The number of allylic oxidation sites excluding steroid dienone is 13. The number of rotatable bonds is 41. The van der Waals surface area contributed by atoms with Gasteiger partial charge >= 0.3 is 23.9 Å². The van der Waals surface area contributed by atoms with Crippen molar-refractivity contribution < 1.29 is 58.2 Å². The number of esters is 3. The minimum Gasteiger partial charge on any atom is -0.479 e. The first-order valence-corrected chi connectivity index (χ1v) is 25.6. The Hall–Kier alpha value is -4.10. The highest BCUT2D eigenvalue weighted by molar-refractivity contribution is 5.74. The number of aliphatic hydroxyl groups excluding tert-OH is 2. The number of carbonyl (C=O) groups excluding carboxylic acids is 3. The van der Waals surface area contributed by atoms with Gasteiger partial charge in [-0.05, 0) is 70.6 Å². The second-order valence-corrected chi connectivity index (χ2v) is 17.1. The second-order valence-electron chi connectivity index (χ2n) is 17.1. The molecule has 0 bridgehead atoms. The summed E-state index contributed by atoms with van der Waals surface area (Å²) < 4.78 is 28.1. The van der Waals surface area contributed by atoms with Crippen LogP contribution in [0.3, 0.4) is 0 Å². The average molecular weight is 941 g/mol. The first-order valence-electron chi connectivity index (χ1n) is 25.6. The molecule has 0 aliphatic carbocycles. The number of hydrogen-bond acceptors (Lipinski definition) is 11. The van der Waals surface area contributed by atoms with Crippen molar-refractivity contribution in [3.63, 3.8) is 0 Å². The zero-order valence-electron chi connectivity index (χ0n) is 41.4. The maximum Gasteiger partial charge on any atom is 0.335 e. The molecule has 1 saturated heterocycles. The summed E-state index contributed by atoms with van der Waals surface area (Å²) in [7, 11) is 0. The molecule has 380 valence electrons. The fourth-order valence-corrected chi connectivity index (χ4v) is 7.06. The third-order valence-corrected chi connectivity index (χ3v) is 11.0. The molecule has 0 aromatic rings. The van der Waals surface area contributed by atoms with Gasteiger partial charge in [0.1, 0.15) is 18.8 Å². The lowest BCUT2D eigenvalue weighted by Gasteiger charge is -2.40. The van der Waals surface area contributed by atoms with E-state index in [2.05, 4.69) is 87.6 Å². The van der Waals surface area contributed by atoms with Crippen LogP contribution in [0.1, 0.15) is 188 Å². The Morgan fingerprint density at radius 1 is 0.522 bits per heavy atom. The zero-order valence-corrected chi connectivity index (χ0v) is 41.4. The van der Waals surface area contributed by atoms with E-state index < -0.39 is 67.3 Å². The molecule has 12 nitrogen and oxygen atoms in total. The van der Waals surface area contributed by atoms with Crippen molar-refractivity contribution in [2.45, 2.75) is 225 Å². The second kappa shape index (κ2) is 43.2. The van der Waals surface area contributed by atoms with Gasteiger partial charge in [-0.3, -0.25) is 14.4 Å². The largest absolute Gasteiger partial charge is 0.479 e. The van der Waals surface area contributed by atoms with Crippen LogP contribution in [0.5, 0.6) is 0 Å². The monoisotopic (exact) mass is 941 g/mol. The topological polar surface area (TPSA) is 175 Å². The van der Waals surface area contributed by atoms with E-state index in [0.717, 1.165) is 103 Å². The molecule has 0 amide bonds. The van der Waals surface area contributed by atoms with E-state index in [0.29, 0.717) is 19.3 Å². The van der Waals surface area contributed by atoms with E-state index in [-0.39, 0.29) is 25.9 Å². The van der Waals surface area contributed by atoms with Gasteiger partial charge in [0.05, 0.1) is 13.0 Å². The molecule has 12 heteroatoms. The highest BCUT2D eigenvalue weighted by atomic mass is 16.7. The summed E-state index contributed by atoms with van der Waals surface area (Å²) in [6.45, 7) is 5.64. The predicted molar refractivity (Wildman–Crippen MR) is 266 cm³/mol. The SMILES string of the molecule is CC/C=C\C/C=C\C/C=C\C/C=C\C/C=C\CC(=O)OCC(COC1OC(C(=O)O)C(O)C(O)C1OC(=O)CCCCCCCCCCC)OC(=O)CCCCCCC/C=C\C/C=C\CCC. The molecule has 0 aromatic heterocycles. The molecular weight excluding hydrogens is 853 g/mol. The predicted octanol–water partition coefficient (Wildman–Crippen LogP) is 12.0. The van der Waals surface area contributed by atoms with Crippen LogP contribution in [-0.4, -0.2) is 89.2 Å². The van der Waals surface area contributed by atoms with Crippen molar-refractivity contribution in [3.05, 3.63) is 85.1 Å². The van der Waals surface area contributed by atoms with Crippen LogP contribution in [0.2, 0.25) is 0 Å². The van der Waals surface area contributed by atoms with E-state index in [1.807, 2.05) is 12.2 Å². The summed E-state index contributed by atoms with van der Waals surface area (Å²) >= 11 is 0. The Kier molecular flexibility index (Phi) is 39.3. The number of ether oxygens (including phenoxy) is 5. The first kappa shape index (κ1) is 60.9. The Labute approximate surface area is 403 Å². The molecule has 6 unspecified atom stereocenters. The number of carboxylic acid groups (broad SMARTS) is 1. The summed E-state index contributed by atoms with van der Waals surface area (Å²) in [4.78, 5) is 50.7. The van der Waals surface area contributed by atoms with Crippen molar-refractivity contribution in [2.75, 3.05) is 13.2 Å². The molecule has 6 atom stereocenters. The van der Waals surface area contributed by atoms with Crippen LogP contribution in [0.4, 0.5) is 0 Å². The normalized spacial score (nSPS) is 19.6. The van der Waals surface area contributed by atoms with Crippen molar-refractivity contribution in [3.8, 4) is 0 Å². The van der Waals surface area contributed by atoms with Crippen LogP contribution in [0, 0.1) is 0 Å². The molecule has 1 rings (SSSR count). The number of unbranched alkanes of at least 4 members (excludes halogenated alkanes) is 14. The van der Waals surface area contributed by atoms with Gasteiger partial charge in [0.2, 0.25) is 0 Å². The third-order valence-electron chi connectivity index (χ3n) is 11.0. The van der Waals surface area contributed by atoms with Gasteiger partial charge in [-0.1, -0.05) is 183 Å². The number of hydrogen-bond donors (Lipinski definition) is 3. The zero-order chi connectivity index (χ0) is 49.0. The molecule has 3 N–H and O–H groups in total. The van der Waals surface area contributed by atoms with E-state index in [1.165, 1.54) is 25.7 Å². The van der Waals surface area contributed by atoms with Crippen molar-refractivity contribution in [1.82, 2.24) is 0 Å². The molecular formula is C55H88O12. The minimum absolute atomic E-state index is 0.0199. The molecule has 1 fully saturated rings. The quantitative estimate of drug-likeness (QED) is 0.0229. The maximum atomic E-state index is 13.0. The molecule has 0 radical (unpaired) electrons. The lowest BCUT2D eigenvalue weighted by atomic mass is 9.98. The van der Waals surface area contributed by atoms with Crippen molar-refractivity contribution >= 4 is 23.9 Å². The molecule has 67 heavy (non-hydrogen) atoms. The van der Waals surface area contributed by atoms with Crippen LogP contribution < -0.4 is 0 Å². The summed E-state index contributed by atoms with van der Waals surface area (Å²) in [5.41, 5.74) is 0. The van der Waals surface area contributed by atoms with Gasteiger partial charge in [-0.2, -0.15) is 0 Å². The fraction of sp³-hybridized carbons (Fsp3) is 0.673. The highest BCUT2D eigenvalue weighted by Gasteiger charge is 2.50. The molecule has 0 spiro atoms. The summed E-state index contributed by atoms with van der Waals surface area (Å²) in [5.74, 6) is -3.32. The first-order chi connectivity index (χ1) is 32.6. The molecule has 1 aliphatic heterocycles. The van der Waals surface area contributed by atoms with Gasteiger partial charge in [0, 0.05) is 12.8 Å². The van der Waals surface area contributed by atoms with Gasteiger partial charge in [0.25, 0.3) is 0 Å². The van der Waals surface area contributed by atoms with E-state index in [1.54, 1.807) is 6.08 Å². The molecule has 0 saturated carbocycles. The highest BCUT2D eigenvalue weighted by Crippen LogP contribution is 2.26. The van der Waals surface area contributed by atoms with Crippen molar-refractivity contribution in [2.24, 2.45) is 0 Å². The number of carbonyl (C=O) groups is 4. The van der Waals surface area contributed by atoms with Gasteiger partial charge in [-0.15, -0.1) is 0 Å². The Morgan fingerprint density at radius 3 is 1.57 bits per heavy atom. The minimum atomic E-state index is -1.91. The van der Waals surface area contributed by atoms with Crippen LogP contribution in [-0.2, 0) is 42.9 Å². The van der Waals surface area contributed by atoms with Gasteiger partial charge in [0.15, 0.2) is 24.6 Å². The van der Waals surface area contributed by atoms with Crippen LogP contribution in [0.15, 0.2) is 85.1 Å². The standard InChI is InChI=1S/C55H88O12/c1-4-7-10-13-16-19-21-23-24-26-27-30-32-35-38-41-47(56)63-44-46(65-48(57)42-39-36-34-31-28-25-22-20-17-14-11-8-5-2)45-64-55-53(51(60)50(59)52(67-55)54(61)62)66-49(58)43-40-37-33-29-18-15-12-9-6-3/h7,10-11,14,16,19-20,22-24,27,30,35,38,46,50-53,55,59-60H,4-6,8-9,12-13,15,17-18,21,25-26,28-29,31-34,36-37,39-45H2,1-3H3,(H,61,62)/b10-7-,14-11-,19-16-,22-20-,24-23-,30-27-,38-35-. The lowest BCUT2D eigenvalue weighted by Crippen LogP contribution is -2.61. The third kappa shape index (κ3) is 33.9. The number of carboxylic acids is 1. The van der Waals surface area contributed by atoms with Gasteiger partial charge in [-0.25, -0.2) is 4.79 Å². The summed E-state index contributed by atoms with van der Waals surface area (Å²) in [6, 6.07) is 0. The number of aliphatic hydroxyl groups is 2. The molecule has 1 aliphatic rings. The summed E-state index contributed by atoms with van der Waals surface area (Å²) in [5, 5.41) is 31.2. The van der Waals surface area contributed by atoms with Crippen molar-refractivity contribution in [1.29, 1.82) is 0 Å². The lowest BCUT2D eigenvalue weighted by molar-refractivity contribution is -0.301. The fourth-order valence-electron chi connectivity index (χ4n) is 7.06. The smallest absolute Gasteiger partial charge is 0.335 e. The Balaban J connectivity index is 2.81. The van der Waals surface area contributed by atoms with E-state index in [9.17, 15) is 34.5 Å². The van der Waals surface area contributed by atoms with Crippen LogP contribution >= 0.6 is 0 Å². The Bertz CT molecular complexity index is 1490. The average Bonchev–Trinajstić information content (AvgIpc) is 3.31. The van der Waals surface area contributed by atoms with E-state index in [4.69, 9.17) is 23.7 Å². The van der Waals surface area contributed by atoms with Gasteiger partial charge < -0.3 is 39.0 Å². The Morgan fingerprint density at radius 2 is 1.01 bits per heavy atom. The molecule has 0 aromatic carbocycles. The van der Waals surface area contributed by atoms with Crippen LogP contribution in [0.25, 0.3) is 0 Å². The maximum absolute atomic E-state index is 13.0. The number of aliphatic carboxylic acids is 1. The molecule has 1 heterocycles. The summed E-state index contributed by atoms with van der Waals surface area (Å²) in [6.07, 6.45) is 41.9.